The lowest BCUT2D eigenvalue weighted by molar-refractivity contribution is 0.102. The largest absolute Gasteiger partial charge is 0.492 e. The van der Waals surface area contributed by atoms with Crippen LogP contribution in [0.25, 0.3) is 0 Å². The van der Waals surface area contributed by atoms with Crippen LogP contribution in [0.15, 0.2) is 72.8 Å². The number of fused-ring (bicyclic) bond motifs is 2. The summed E-state index contributed by atoms with van der Waals surface area (Å²) in [4.78, 5) is 15.4. The van der Waals surface area contributed by atoms with E-state index in [0.29, 0.717) is 17.4 Å². The fourth-order valence-corrected chi connectivity index (χ4v) is 4.83. The van der Waals surface area contributed by atoms with Crippen LogP contribution in [-0.4, -0.2) is 36.5 Å². The van der Waals surface area contributed by atoms with E-state index in [-0.39, 0.29) is 11.3 Å². The second-order valence-corrected chi connectivity index (χ2v) is 9.30. The second kappa shape index (κ2) is 8.91. The van der Waals surface area contributed by atoms with Gasteiger partial charge in [-0.05, 0) is 94.4 Å². The summed E-state index contributed by atoms with van der Waals surface area (Å²) in [6, 6.07) is 23.4. The number of para-hydroxylation sites is 1. The van der Waals surface area contributed by atoms with E-state index in [1.807, 2.05) is 54.6 Å². The minimum Gasteiger partial charge on any atom is -0.492 e. The van der Waals surface area contributed by atoms with Crippen molar-refractivity contribution in [2.45, 2.75) is 38.1 Å². The van der Waals surface area contributed by atoms with Crippen molar-refractivity contribution >= 4 is 11.6 Å². The number of piperidine rings is 1. The predicted molar refractivity (Wildman–Crippen MR) is 130 cm³/mol. The maximum Gasteiger partial charge on any atom is 0.255 e. The van der Waals surface area contributed by atoms with E-state index in [1.54, 1.807) is 12.1 Å². The van der Waals surface area contributed by atoms with Gasteiger partial charge in [-0.25, -0.2) is 0 Å². The first-order valence-corrected chi connectivity index (χ1v) is 11.7. The van der Waals surface area contributed by atoms with Crippen LogP contribution in [0.1, 0.15) is 42.6 Å². The molecule has 170 valence electrons. The molecule has 2 heterocycles. The Morgan fingerprint density at radius 2 is 1.67 bits per heavy atom. The van der Waals surface area contributed by atoms with Gasteiger partial charge in [0.25, 0.3) is 5.91 Å². The molecule has 5 heteroatoms. The summed E-state index contributed by atoms with van der Waals surface area (Å²) in [5.41, 5.74) is 2.68. The van der Waals surface area contributed by atoms with Gasteiger partial charge in [0.2, 0.25) is 0 Å². The van der Waals surface area contributed by atoms with Crippen LogP contribution in [0.2, 0.25) is 0 Å². The second-order valence-electron chi connectivity index (χ2n) is 9.30. The molecule has 0 saturated carbocycles. The smallest absolute Gasteiger partial charge is 0.255 e. The number of nitrogens with zero attached hydrogens (tertiary/aromatic N) is 1. The van der Waals surface area contributed by atoms with Crippen molar-refractivity contribution in [2.75, 3.05) is 25.0 Å². The molecule has 0 atom stereocenters. The summed E-state index contributed by atoms with van der Waals surface area (Å²) in [5.74, 6) is 2.28. The van der Waals surface area contributed by atoms with E-state index in [1.165, 1.54) is 5.56 Å². The van der Waals surface area contributed by atoms with Gasteiger partial charge in [-0.1, -0.05) is 18.2 Å². The first-order valence-electron chi connectivity index (χ1n) is 11.7. The Bertz CT molecular complexity index is 1120. The maximum atomic E-state index is 12.9. The van der Waals surface area contributed by atoms with Crippen molar-refractivity contribution < 1.29 is 14.3 Å². The molecule has 0 aliphatic carbocycles. The van der Waals surface area contributed by atoms with Gasteiger partial charge in [0.15, 0.2) is 0 Å². The van der Waals surface area contributed by atoms with E-state index in [0.717, 1.165) is 49.7 Å². The van der Waals surface area contributed by atoms with Gasteiger partial charge >= 0.3 is 0 Å². The van der Waals surface area contributed by atoms with Crippen LogP contribution in [0, 0.1) is 0 Å². The Morgan fingerprint density at radius 1 is 0.970 bits per heavy atom. The zero-order valence-electron chi connectivity index (χ0n) is 19.2. The van der Waals surface area contributed by atoms with E-state index in [9.17, 15) is 4.79 Å². The number of benzene rings is 3. The van der Waals surface area contributed by atoms with Crippen molar-refractivity contribution in [2.24, 2.45) is 0 Å². The number of anilines is 1. The molecular weight excluding hydrogens is 412 g/mol. The van der Waals surface area contributed by atoms with Gasteiger partial charge < -0.3 is 19.7 Å². The zero-order valence-corrected chi connectivity index (χ0v) is 19.2. The van der Waals surface area contributed by atoms with Gasteiger partial charge in [-0.2, -0.15) is 0 Å². The lowest BCUT2D eigenvalue weighted by Crippen LogP contribution is -2.46. The zero-order chi connectivity index (χ0) is 22.8. The average Bonchev–Trinajstić information content (AvgIpc) is 3.18. The highest BCUT2D eigenvalue weighted by Crippen LogP contribution is 2.46. The van der Waals surface area contributed by atoms with E-state index in [2.05, 4.69) is 30.1 Å². The molecule has 2 aliphatic rings. The van der Waals surface area contributed by atoms with Gasteiger partial charge in [0.1, 0.15) is 17.2 Å². The van der Waals surface area contributed by atoms with Crippen LogP contribution in [0.5, 0.6) is 17.2 Å². The summed E-state index contributed by atoms with van der Waals surface area (Å²) in [7, 11) is 0. The van der Waals surface area contributed by atoms with Gasteiger partial charge in [0.05, 0.1) is 6.61 Å². The lowest BCUT2D eigenvalue weighted by atomic mass is 9.74. The van der Waals surface area contributed by atoms with Gasteiger partial charge in [0, 0.05) is 28.3 Å². The molecule has 3 aromatic rings. The SMILES string of the molecule is CC(C)N1CCC2(CC1)COc1ccc(NC(=O)c3ccc(Oc4ccccc4)cc3)cc12. The van der Waals surface area contributed by atoms with Crippen LogP contribution in [-0.2, 0) is 5.41 Å². The highest BCUT2D eigenvalue weighted by molar-refractivity contribution is 6.04. The van der Waals surface area contributed by atoms with Gasteiger partial charge in [-0.3, -0.25) is 4.79 Å². The Morgan fingerprint density at radius 3 is 2.36 bits per heavy atom. The van der Waals surface area contributed by atoms with Crippen molar-refractivity contribution in [3.63, 3.8) is 0 Å². The van der Waals surface area contributed by atoms with Gasteiger partial charge in [-0.15, -0.1) is 0 Å². The average molecular weight is 443 g/mol. The Labute approximate surface area is 195 Å². The van der Waals surface area contributed by atoms with Crippen molar-refractivity contribution in [3.8, 4) is 17.2 Å². The number of carbonyl (C=O) groups excluding carboxylic acids is 1. The molecule has 0 bridgehead atoms. The number of nitrogens with one attached hydrogen (secondary N) is 1. The Balaban J connectivity index is 1.27. The molecule has 1 spiro atoms. The minimum atomic E-state index is -0.135. The molecule has 0 radical (unpaired) electrons. The number of hydrogen-bond donors (Lipinski definition) is 1. The quantitative estimate of drug-likeness (QED) is 0.537. The molecule has 2 aliphatic heterocycles. The fraction of sp³-hybridized carbons (Fsp3) is 0.321. The third-order valence-electron chi connectivity index (χ3n) is 6.89. The van der Waals surface area contributed by atoms with Crippen molar-refractivity contribution in [1.82, 2.24) is 4.90 Å². The van der Waals surface area contributed by atoms with Crippen LogP contribution in [0.3, 0.4) is 0 Å². The third-order valence-corrected chi connectivity index (χ3v) is 6.89. The van der Waals surface area contributed by atoms with Crippen molar-refractivity contribution in [1.29, 1.82) is 0 Å². The molecule has 33 heavy (non-hydrogen) atoms. The van der Waals surface area contributed by atoms with Crippen LogP contribution >= 0.6 is 0 Å². The first kappa shape index (κ1) is 21.5. The minimum absolute atomic E-state index is 0.0535. The van der Waals surface area contributed by atoms with E-state index in [4.69, 9.17) is 9.47 Å². The highest BCUT2D eigenvalue weighted by atomic mass is 16.5. The Kier molecular flexibility index (Phi) is 5.81. The summed E-state index contributed by atoms with van der Waals surface area (Å²) in [6.07, 6.45) is 2.16. The molecule has 1 saturated heterocycles. The molecule has 1 amide bonds. The monoisotopic (exact) mass is 442 g/mol. The number of rotatable bonds is 5. The van der Waals surface area contributed by atoms with Crippen LogP contribution < -0.4 is 14.8 Å². The fourth-order valence-electron chi connectivity index (χ4n) is 4.83. The predicted octanol–water partition coefficient (Wildman–Crippen LogP) is 5.87. The number of amides is 1. The molecular formula is C28H30N2O3. The topological polar surface area (TPSA) is 50.8 Å². The van der Waals surface area contributed by atoms with Crippen LogP contribution in [0.4, 0.5) is 5.69 Å². The number of carbonyl (C=O) groups is 1. The number of likely N-dealkylation sites (tertiary alicyclic amines) is 1. The summed E-state index contributed by atoms with van der Waals surface area (Å²) in [5, 5.41) is 3.06. The number of ether oxygens (including phenoxy) is 2. The van der Waals surface area contributed by atoms with E-state index >= 15 is 0 Å². The third kappa shape index (κ3) is 4.46. The summed E-state index contributed by atoms with van der Waals surface area (Å²) in [6.45, 7) is 7.40. The lowest BCUT2D eigenvalue weighted by Gasteiger charge is -2.40. The summed E-state index contributed by atoms with van der Waals surface area (Å²) >= 11 is 0. The van der Waals surface area contributed by atoms with E-state index < -0.39 is 0 Å². The molecule has 5 nitrogen and oxygen atoms in total. The Hall–Kier alpha value is -3.31. The molecule has 1 fully saturated rings. The highest BCUT2D eigenvalue weighted by Gasteiger charge is 2.43. The molecule has 3 aromatic carbocycles. The summed E-state index contributed by atoms with van der Waals surface area (Å²) < 4.78 is 11.9. The maximum absolute atomic E-state index is 12.9. The molecule has 0 aromatic heterocycles. The molecule has 1 N–H and O–H groups in total. The number of hydrogen-bond acceptors (Lipinski definition) is 4. The normalized spacial score (nSPS) is 16.9. The first-order chi connectivity index (χ1) is 16.0. The molecule has 0 unspecified atom stereocenters. The molecule has 5 rings (SSSR count). The van der Waals surface area contributed by atoms with Crippen molar-refractivity contribution in [3.05, 3.63) is 83.9 Å². The standard InChI is InChI=1S/C28H30N2O3/c1-20(2)30-16-14-28(15-17-30)19-32-26-13-10-22(18-25(26)28)29-27(31)21-8-11-24(12-9-21)33-23-6-4-3-5-7-23/h3-13,18,20H,14-17,19H2,1-2H3,(H,29,31).